The van der Waals surface area contributed by atoms with E-state index in [9.17, 15) is 18.0 Å². The molecule has 1 fully saturated rings. The Morgan fingerprint density at radius 3 is 2.33 bits per heavy atom. The normalized spacial score (nSPS) is 20.2. The zero-order chi connectivity index (χ0) is 28.1. The van der Waals surface area contributed by atoms with Gasteiger partial charge in [-0.3, -0.25) is 14.2 Å². The van der Waals surface area contributed by atoms with E-state index in [2.05, 4.69) is 11.1 Å². The number of carbonyl (C=O) groups is 2. The molecule has 2 N–H and O–H groups in total. The molecule has 39 heavy (non-hydrogen) atoms. The Bertz CT molecular complexity index is 1600. The van der Waals surface area contributed by atoms with Gasteiger partial charge in [0.2, 0.25) is 11.9 Å². The molecule has 1 aromatic heterocycles. The summed E-state index contributed by atoms with van der Waals surface area (Å²) in [6, 6.07) is 13.4. The summed E-state index contributed by atoms with van der Waals surface area (Å²) in [5.41, 5.74) is 5.55. The lowest BCUT2D eigenvalue weighted by Gasteiger charge is -2.31. The molecule has 0 bridgehead atoms. The summed E-state index contributed by atoms with van der Waals surface area (Å²) >= 11 is 12.5. The molecule has 0 saturated carbocycles. The maximum atomic E-state index is 14.1. The van der Waals surface area contributed by atoms with Gasteiger partial charge in [-0.1, -0.05) is 35.3 Å². The first kappa shape index (κ1) is 27.1. The predicted octanol–water partition coefficient (Wildman–Crippen LogP) is 3.58. The number of nitrogens with two attached hydrogens (primary N) is 1. The van der Waals surface area contributed by atoms with Crippen LogP contribution in [0.5, 0.6) is 0 Å². The summed E-state index contributed by atoms with van der Waals surface area (Å²) in [5, 5.41) is 9.63. The number of nitriles is 1. The van der Waals surface area contributed by atoms with Crippen molar-refractivity contribution >= 4 is 56.7 Å². The molecule has 1 atom stereocenters. The third kappa shape index (κ3) is 4.67. The zero-order valence-corrected chi connectivity index (χ0v) is 23.2. The van der Waals surface area contributed by atoms with Gasteiger partial charge in [0.15, 0.2) is 5.03 Å². The number of rotatable bonds is 6. The second-order valence-electron chi connectivity index (χ2n) is 9.84. The van der Waals surface area contributed by atoms with Gasteiger partial charge in [0.1, 0.15) is 5.54 Å². The van der Waals surface area contributed by atoms with E-state index in [4.69, 9.17) is 34.2 Å². The highest BCUT2D eigenvalue weighted by atomic mass is 35.5. The first-order chi connectivity index (χ1) is 18.5. The Hall–Kier alpha value is -3.43. The van der Waals surface area contributed by atoms with Crippen LogP contribution < -0.4 is 10.6 Å². The van der Waals surface area contributed by atoms with E-state index < -0.39 is 27.4 Å². The minimum atomic E-state index is -4.10. The second-order valence-corrected chi connectivity index (χ2v) is 12.6. The molecule has 1 saturated heterocycles. The van der Waals surface area contributed by atoms with Crippen LogP contribution in [0, 0.1) is 17.2 Å². The number of hydrogen-bond acceptors (Lipinski definition) is 6. The summed E-state index contributed by atoms with van der Waals surface area (Å²) in [7, 11) is -4.10. The van der Waals surface area contributed by atoms with E-state index in [1.807, 2.05) is 0 Å². The van der Waals surface area contributed by atoms with Gasteiger partial charge in [-0.2, -0.15) is 9.57 Å². The number of nitrogens with zero attached hydrogens (tertiary/aromatic N) is 5. The van der Waals surface area contributed by atoms with Crippen molar-refractivity contribution in [1.29, 1.82) is 5.26 Å². The fraction of sp³-hybridized carbons (Fsp3) is 0.308. The maximum absolute atomic E-state index is 14.1. The molecule has 5 rings (SSSR count). The zero-order valence-electron chi connectivity index (χ0n) is 20.8. The lowest BCUT2D eigenvalue weighted by Crippen LogP contribution is -2.45. The van der Waals surface area contributed by atoms with Gasteiger partial charge in [0.25, 0.3) is 15.9 Å². The van der Waals surface area contributed by atoms with Crippen LogP contribution in [0.4, 0.5) is 11.6 Å². The predicted molar refractivity (Wildman–Crippen MR) is 145 cm³/mol. The first-order valence-electron chi connectivity index (χ1n) is 12.1. The summed E-state index contributed by atoms with van der Waals surface area (Å²) in [5.74, 6) is -1.15. The van der Waals surface area contributed by atoms with Gasteiger partial charge in [-0.15, -0.1) is 0 Å². The molecule has 3 heterocycles. The first-order valence-corrected chi connectivity index (χ1v) is 14.3. The van der Waals surface area contributed by atoms with Crippen molar-refractivity contribution < 1.29 is 18.0 Å². The number of amides is 2. The molecule has 2 aromatic carbocycles. The van der Waals surface area contributed by atoms with Crippen LogP contribution in [-0.4, -0.2) is 47.2 Å². The fourth-order valence-electron chi connectivity index (χ4n) is 5.22. The van der Waals surface area contributed by atoms with Crippen molar-refractivity contribution in [3.63, 3.8) is 0 Å². The molecule has 13 heteroatoms. The molecule has 0 spiro atoms. The summed E-state index contributed by atoms with van der Waals surface area (Å²) in [6.45, 7) is 1.89. The molecule has 10 nitrogen and oxygen atoms in total. The van der Waals surface area contributed by atoms with E-state index in [0.29, 0.717) is 34.1 Å². The lowest BCUT2D eigenvalue weighted by atomic mass is 9.91. The Morgan fingerprint density at radius 2 is 1.77 bits per heavy atom. The van der Waals surface area contributed by atoms with Gasteiger partial charge in [-0.25, -0.2) is 18.3 Å². The quantitative estimate of drug-likeness (QED) is 0.467. The highest BCUT2D eigenvalue weighted by Crippen LogP contribution is 2.45. The van der Waals surface area contributed by atoms with Crippen molar-refractivity contribution in [3.05, 3.63) is 69.8 Å². The molecule has 1 unspecified atom stereocenters. The number of carbonyl (C=O) groups excluding carboxylic acids is 2. The van der Waals surface area contributed by atoms with Gasteiger partial charge in [-0.05, 0) is 55.7 Å². The molecule has 202 valence electrons. The number of halogens is 2. The van der Waals surface area contributed by atoms with Crippen LogP contribution in [0.1, 0.15) is 30.9 Å². The van der Waals surface area contributed by atoms with Crippen molar-refractivity contribution in [2.45, 2.75) is 36.8 Å². The van der Waals surface area contributed by atoms with Crippen LogP contribution in [0.25, 0.3) is 0 Å². The Morgan fingerprint density at radius 1 is 1.15 bits per heavy atom. The number of sulfonamides is 1. The average Bonchev–Trinajstić information content (AvgIpc) is 3.42. The Kier molecular flexibility index (Phi) is 6.93. The molecular formula is C26H24Cl2N6O4S. The lowest BCUT2D eigenvalue weighted by molar-refractivity contribution is -0.124. The maximum Gasteiger partial charge on any atom is 0.260 e. The minimum absolute atomic E-state index is 0.111. The molecule has 2 amide bonds. The molecule has 0 radical (unpaired) electrons. The topological polar surface area (TPSA) is 142 Å². The van der Waals surface area contributed by atoms with Crippen molar-refractivity contribution in [1.82, 2.24) is 13.9 Å². The largest absolute Gasteiger partial charge is 0.369 e. The van der Waals surface area contributed by atoms with Gasteiger partial charge in [0, 0.05) is 35.5 Å². The van der Waals surface area contributed by atoms with Gasteiger partial charge in [0.05, 0.1) is 23.5 Å². The fourth-order valence-corrected chi connectivity index (χ4v) is 7.39. The number of aromatic nitrogens is 2. The molecular weight excluding hydrogens is 563 g/mol. The third-order valence-electron chi connectivity index (χ3n) is 7.27. The standard InChI is InChI=1S/C26H24Cl2N6O4S/c1-26(13-16-2-4-17(14-29)5-3-16)24(36)33(21-11-19(27)10-20(28)12-21)25-31-15-22(34(25)26)39(37,38)32-8-6-18(7-9-32)23(30)35/h2-5,10-12,15,18H,6-9,13H2,1H3,(H2,30,35). The van der Waals surface area contributed by atoms with Gasteiger partial charge >= 0.3 is 0 Å². The Balaban J connectivity index is 1.62. The number of primary amides is 1. The number of benzene rings is 2. The number of piperidine rings is 1. The highest BCUT2D eigenvalue weighted by molar-refractivity contribution is 7.89. The highest BCUT2D eigenvalue weighted by Gasteiger charge is 2.52. The Labute approximate surface area is 235 Å². The van der Waals surface area contributed by atoms with E-state index in [1.54, 1.807) is 43.3 Å². The van der Waals surface area contributed by atoms with E-state index in [1.165, 1.54) is 26.0 Å². The SMILES string of the molecule is CC1(Cc2ccc(C#N)cc2)C(=O)N(c2cc(Cl)cc(Cl)c2)c2ncc(S(=O)(=O)N3CCC(C(N)=O)CC3)n21. The van der Waals surface area contributed by atoms with E-state index in [0.717, 1.165) is 5.56 Å². The number of anilines is 2. The van der Waals surface area contributed by atoms with Crippen LogP contribution >= 0.6 is 23.2 Å². The van der Waals surface area contributed by atoms with Crippen LogP contribution in [-0.2, 0) is 31.6 Å². The number of fused-ring (bicyclic) bond motifs is 1. The second kappa shape index (κ2) is 9.95. The number of hydrogen-bond donors (Lipinski definition) is 1. The van der Waals surface area contributed by atoms with E-state index >= 15 is 0 Å². The number of imidazole rings is 1. The van der Waals surface area contributed by atoms with E-state index in [-0.39, 0.29) is 36.4 Å². The molecule has 2 aliphatic rings. The van der Waals surface area contributed by atoms with Crippen LogP contribution in [0.3, 0.4) is 0 Å². The third-order valence-corrected chi connectivity index (χ3v) is 9.56. The van der Waals surface area contributed by atoms with Crippen LogP contribution in [0.15, 0.2) is 53.7 Å². The van der Waals surface area contributed by atoms with Crippen molar-refractivity contribution in [3.8, 4) is 6.07 Å². The summed E-state index contributed by atoms with van der Waals surface area (Å²) < 4.78 is 30.6. The monoisotopic (exact) mass is 586 g/mol. The van der Waals surface area contributed by atoms with Crippen LogP contribution in [0.2, 0.25) is 10.0 Å². The average molecular weight is 587 g/mol. The van der Waals surface area contributed by atoms with Crippen molar-refractivity contribution in [2.75, 3.05) is 18.0 Å². The summed E-state index contributed by atoms with van der Waals surface area (Å²) in [6.07, 6.45) is 1.99. The molecule has 2 aliphatic heterocycles. The summed E-state index contributed by atoms with van der Waals surface area (Å²) in [4.78, 5) is 31.5. The smallest absolute Gasteiger partial charge is 0.260 e. The molecule has 3 aromatic rings. The molecule has 0 aliphatic carbocycles. The minimum Gasteiger partial charge on any atom is -0.369 e. The van der Waals surface area contributed by atoms with Crippen molar-refractivity contribution in [2.24, 2.45) is 11.7 Å². The van der Waals surface area contributed by atoms with Gasteiger partial charge < -0.3 is 5.73 Å².